The lowest BCUT2D eigenvalue weighted by Gasteiger charge is -2.14. The molecule has 1 aromatic rings. The molecule has 1 unspecified atom stereocenters. The lowest BCUT2D eigenvalue weighted by Crippen LogP contribution is -2.29. The highest BCUT2D eigenvalue weighted by Crippen LogP contribution is 2.22. The van der Waals surface area contributed by atoms with Crippen LogP contribution in [0.4, 0.5) is 11.4 Å². The number of nitrogen functional groups attached to an aromatic ring is 1. The molecule has 20 heavy (non-hydrogen) atoms. The SMILES string of the molecule is CCCOCCOC(C)C(=O)Nc1ccc(Cl)cc1N. The van der Waals surface area contributed by atoms with Crippen molar-refractivity contribution in [3.63, 3.8) is 0 Å². The van der Waals surface area contributed by atoms with Crippen LogP contribution in [0, 0.1) is 0 Å². The number of anilines is 2. The number of nitrogens with one attached hydrogen (secondary N) is 1. The number of hydrogen-bond donors (Lipinski definition) is 2. The molecular formula is C14H21ClN2O3. The van der Waals surface area contributed by atoms with Crippen LogP contribution in [0.25, 0.3) is 0 Å². The molecule has 1 aromatic carbocycles. The van der Waals surface area contributed by atoms with Crippen LogP contribution in [0.3, 0.4) is 0 Å². The van der Waals surface area contributed by atoms with E-state index in [2.05, 4.69) is 5.32 Å². The molecule has 5 nitrogen and oxygen atoms in total. The molecule has 0 radical (unpaired) electrons. The minimum absolute atomic E-state index is 0.255. The third kappa shape index (κ3) is 5.77. The molecule has 3 N–H and O–H groups in total. The molecule has 6 heteroatoms. The second-order valence-corrected chi connectivity index (χ2v) is 4.78. The van der Waals surface area contributed by atoms with Crippen molar-refractivity contribution < 1.29 is 14.3 Å². The second kappa shape index (κ2) is 8.79. The average molecular weight is 301 g/mol. The Balaban J connectivity index is 2.37. The summed E-state index contributed by atoms with van der Waals surface area (Å²) < 4.78 is 10.7. The third-order valence-corrected chi connectivity index (χ3v) is 2.82. The Labute approximate surface area is 124 Å². The summed E-state index contributed by atoms with van der Waals surface area (Å²) in [4.78, 5) is 11.9. The van der Waals surface area contributed by atoms with Gasteiger partial charge in [0.05, 0.1) is 24.6 Å². The average Bonchev–Trinajstić information content (AvgIpc) is 2.41. The van der Waals surface area contributed by atoms with Crippen LogP contribution in [0.15, 0.2) is 18.2 Å². The van der Waals surface area contributed by atoms with Gasteiger partial charge in [0.25, 0.3) is 5.91 Å². The van der Waals surface area contributed by atoms with Gasteiger partial charge < -0.3 is 20.5 Å². The fraction of sp³-hybridized carbons (Fsp3) is 0.500. The molecule has 0 aliphatic carbocycles. The molecule has 1 amide bonds. The van der Waals surface area contributed by atoms with Gasteiger partial charge in [-0.1, -0.05) is 18.5 Å². The van der Waals surface area contributed by atoms with Gasteiger partial charge in [-0.05, 0) is 31.5 Å². The Morgan fingerprint density at radius 2 is 2.15 bits per heavy atom. The van der Waals surface area contributed by atoms with Crippen molar-refractivity contribution in [1.82, 2.24) is 0 Å². The Bertz CT molecular complexity index is 440. The summed E-state index contributed by atoms with van der Waals surface area (Å²) in [6.45, 7) is 5.28. The molecular weight excluding hydrogens is 280 g/mol. The molecule has 1 atom stereocenters. The van der Waals surface area contributed by atoms with Crippen molar-refractivity contribution in [3.8, 4) is 0 Å². The molecule has 0 saturated carbocycles. The second-order valence-electron chi connectivity index (χ2n) is 4.35. The van der Waals surface area contributed by atoms with E-state index in [0.29, 0.717) is 36.2 Å². The van der Waals surface area contributed by atoms with E-state index in [4.69, 9.17) is 26.8 Å². The molecule has 112 valence electrons. The zero-order chi connectivity index (χ0) is 15.0. The fourth-order valence-electron chi connectivity index (χ4n) is 1.49. The van der Waals surface area contributed by atoms with Crippen LogP contribution in [0.2, 0.25) is 5.02 Å². The van der Waals surface area contributed by atoms with Gasteiger partial charge in [-0.3, -0.25) is 4.79 Å². The number of nitrogens with two attached hydrogens (primary N) is 1. The molecule has 0 aliphatic rings. The van der Waals surface area contributed by atoms with Crippen LogP contribution >= 0.6 is 11.6 Å². The monoisotopic (exact) mass is 300 g/mol. The number of benzene rings is 1. The zero-order valence-corrected chi connectivity index (χ0v) is 12.6. The lowest BCUT2D eigenvalue weighted by molar-refractivity contribution is -0.127. The van der Waals surface area contributed by atoms with E-state index >= 15 is 0 Å². The van der Waals surface area contributed by atoms with Gasteiger partial charge in [0.1, 0.15) is 6.10 Å². The van der Waals surface area contributed by atoms with Gasteiger partial charge in [-0.25, -0.2) is 0 Å². The highest BCUT2D eigenvalue weighted by Gasteiger charge is 2.14. The fourth-order valence-corrected chi connectivity index (χ4v) is 1.67. The predicted octanol–water partition coefficient (Wildman–Crippen LogP) is 2.69. The zero-order valence-electron chi connectivity index (χ0n) is 11.8. The Hall–Kier alpha value is -1.30. The largest absolute Gasteiger partial charge is 0.397 e. The summed E-state index contributed by atoms with van der Waals surface area (Å²) in [5.74, 6) is -0.255. The minimum atomic E-state index is -0.574. The quantitative estimate of drug-likeness (QED) is 0.572. The van der Waals surface area contributed by atoms with E-state index in [1.165, 1.54) is 0 Å². The van der Waals surface area contributed by atoms with Crippen LogP contribution in [-0.4, -0.2) is 31.8 Å². The number of amides is 1. The van der Waals surface area contributed by atoms with Crippen LogP contribution in [-0.2, 0) is 14.3 Å². The molecule has 0 bridgehead atoms. The molecule has 0 spiro atoms. The maximum Gasteiger partial charge on any atom is 0.253 e. The standard InChI is InChI=1S/C14H21ClN2O3/c1-3-6-19-7-8-20-10(2)14(18)17-13-5-4-11(15)9-12(13)16/h4-5,9-10H,3,6-8,16H2,1-2H3,(H,17,18). The topological polar surface area (TPSA) is 73.6 Å². The van der Waals surface area contributed by atoms with Gasteiger partial charge in [-0.2, -0.15) is 0 Å². The van der Waals surface area contributed by atoms with Crippen molar-refractivity contribution in [2.24, 2.45) is 0 Å². The van der Waals surface area contributed by atoms with Crippen molar-refractivity contribution in [1.29, 1.82) is 0 Å². The molecule has 0 fully saturated rings. The van der Waals surface area contributed by atoms with Gasteiger partial charge in [0.2, 0.25) is 0 Å². The Kier molecular flexibility index (Phi) is 7.36. The summed E-state index contributed by atoms with van der Waals surface area (Å²) in [6.07, 6.45) is 0.390. The first-order valence-electron chi connectivity index (χ1n) is 6.59. The van der Waals surface area contributed by atoms with Gasteiger partial charge in [-0.15, -0.1) is 0 Å². The third-order valence-electron chi connectivity index (χ3n) is 2.58. The number of ether oxygens (including phenoxy) is 2. The van der Waals surface area contributed by atoms with E-state index in [0.717, 1.165) is 6.42 Å². The van der Waals surface area contributed by atoms with E-state index in [9.17, 15) is 4.79 Å². The first-order valence-corrected chi connectivity index (χ1v) is 6.97. The highest BCUT2D eigenvalue weighted by atomic mass is 35.5. The number of halogens is 1. The van der Waals surface area contributed by atoms with E-state index < -0.39 is 6.10 Å². The van der Waals surface area contributed by atoms with Crippen molar-refractivity contribution in [3.05, 3.63) is 23.2 Å². The smallest absolute Gasteiger partial charge is 0.253 e. The lowest BCUT2D eigenvalue weighted by atomic mass is 10.2. The van der Waals surface area contributed by atoms with Gasteiger partial charge in [0.15, 0.2) is 0 Å². The number of carbonyl (C=O) groups excluding carboxylic acids is 1. The van der Waals surface area contributed by atoms with Crippen LogP contribution < -0.4 is 11.1 Å². The summed E-state index contributed by atoms with van der Waals surface area (Å²) in [5, 5.41) is 3.23. The molecule has 1 rings (SSSR count). The van der Waals surface area contributed by atoms with Crippen molar-refractivity contribution in [2.75, 3.05) is 30.9 Å². The maximum absolute atomic E-state index is 11.9. The van der Waals surface area contributed by atoms with Gasteiger partial charge >= 0.3 is 0 Å². The molecule has 0 aromatic heterocycles. The normalized spacial score (nSPS) is 12.2. The molecule has 0 saturated heterocycles. The van der Waals surface area contributed by atoms with Crippen molar-refractivity contribution >= 4 is 28.9 Å². The Morgan fingerprint density at radius 1 is 1.40 bits per heavy atom. The summed E-state index contributed by atoms with van der Waals surface area (Å²) in [6, 6.07) is 4.91. The van der Waals surface area contributed by atoms with E-state index in [1.54, 1.807) is 25.1 Å². The minimum Gasteiger partial charge on any atom is -0.397 e. The maximum atomic E-state index is 11.9. The predicted molar refractivity (Wildman–Crippen MR) is 81.0 cm³/mol. The first kappa shape index (κ1) is 16.8. The number of hydrogen-bond acceptors (Lipinski definition) is 4. The number of rotatable bonds is 8. The first-order chi connectivity index (χ1) is 9.54. The number of carbonyl (C=O) groups is 1. The summed E-state index contributed by atoms with van der Waals surface area (Å²) in [5.41, 5.74) is 6.71. The van der Waals surface area contributed by atoms with E-state index in [1.807, 2.05) is 6.92 Å². The molecule has 0 aliphatic heterocycles. The highest BCUT2D eigenvalue weighted by molar-refractivity contribution is 6.31. The van der Waals surface area contributed by atoms with Crippen LogP contribution in [0.5, 0.6) is 0 Å². The summed E-state index contributed by atoms with van der Waals surface area (Å²) >= 11 is 5.79. The van der Waals surface area contributed by atoms with Gasteiger partial charge in [0, 0.05) is 11.6 Å². The molecule has 0 heterocycles. The van der Waals surface area contributed by atoms with Crippen LogP contribution in [0.1, 0.15) is 20.3 Å². The Morgan fingerprint density at radius 3 is 2.80 bits per heavy atom. The van der Waals surface area contributed by atoms with E-state index in [-0.39, 0.29) is 5.91 Å². The summed E-state index contributed by atoms with van der Waals surface area (Å²) in [7, 11) is 0. The van der Waals surface area contributed by atoms with Crippen molar-refractivity contribution in [2.45, 2.75) is 26.4 Å².